The average Bonchev–Trinajstić information content (AvgIpc) is 2.87. The number of aliphatic hydroxyl groups is 1. The molecule has 0 spiro atoms. The summed E-state index contributed by atoms with van der Waals surface area (Å²) in [5, 5.41) is 13.1. The second-order valence-electron chi connectivity index (χ2n) is 4.86. The summed E-state index contributed by atoms with van der Waals surface area (Å²) in [5.41, 5.74) is 0. The molecule has 1 unspecified atom stereocenters. The zero-order chi connectivity index (χ0) is 12.3. The van der Waals surface area contributed by atoms with Gasteiger partial charge in [-0.15, -0.1) is 0 Å². The van der Waals surface area contributed by atoms with E-state index >= 15 is 0 Å². The highest BCUT2D eigenvalue weighted by atomic mass is 16.5. The smallest absolute Gasteiger partial charge is 0.324 e. The highest BCUT2D eigenvalue weighted by Gasteiger charge is 2.23. The molecule has 1 aromatic heterocycles. The molecule has 1 saturated heterocycles. The van der Waals surface area contributed by atoms with Crippen LogP contribution in [0.2, 0.25) is 0 Å². The maximum Gasteiger partial charge on any atom is 0.324 e. The number of hydrogen-bond acceptors (Lipinski definition) is 5. The van der Waals surface area contributed by atoms with Crippen molar-refractivity contribution in [3.05, 3.63) is 5.82 Å². The van der Waals surface area contributed by atoms with Crippen molar-refractivity contribution in [2.24, 2.45) is 5.92 Å². The predicted octanol–water partition coefficient (Wildman–Crippen LogP) is 1.79. The molecule has 1 N–H and O–H groups in total. The molecule has 1 atom stereocenters. The second kappa shape index (κ2) is 5.49. The Bertz CT molecular complexity index is 345. The first-order chi connectivity index (χ1) is 8.24. The van der Waals surface area contributed by atoms with Gasteiger partial charge in [0.15, 0.2) is 5.82 Å². The highest BCUT2D eigenvalue weighted by molar-refractivity contribution is 5.26. The maximum absolute atomic E-state index is 9.09. The first-order valence-corrected chi connectivity index (χ1v) is 6.44. The van der Waals surface area contributed by atoms with E-state index in [1.807, 2.05) is 0 Å². The molecular weight excluding hydrogens is 218 g/mol. The molecule has 1 fully saturated rings. The predicted molar refractivity (Wildman–Crippen MR) is 65.0 cm³/mol. The first-order valence-electron chi connectivity index (χ1n) is 6.44. The van der Waals surface area contributed by atoms with Gasteiger partial charge in [-0.1, -0.05) is 19.0 Å². The van der Waals surface area contributed by atoms with Gasteiger partial charge in [0.1, 0.15) is 0 Å². The third kappa shape index (κ3) is 2.77. The van der Waals surface area contributed by atoms with Crippen LogP contribution in [0, 0.1) is 5.92 Å². The van der Waals surface area contributed by atoms with Crippen LogP contribution in [0.4, 0.5) is 6.01 Å². The van der Waals surface area contributed by atoms with Crippen molar-refractivity contribution in [3.63, 3.8) is 0 Å². The topological polar surface area (TPSA) is 62.4 Å². The Morgan fingerprint density at radius 1 is 1.47 bits per heavy atom. The lowest BCUT2D eigenvalue weighted by Crippen LogP contribution is -2.34. The molecule has 0 radical (unpaired) electrons. The molecule has 0 aromatic carbocycles. The quantitative estimate of drug-likeness (QED) is 0.868. The molecule has 5 nitrogen and oxygen atoms in total. The number of hydrogen-bond donors (Lipinski definition) is 1. The van der Waals surface area contributed by atoms with Crippen molar-refractivity contribution in [2.45, 2.75) is 39.0 Å². The van der Waals surface area contributed by atoms with Crippen LogP contribution in [0.5, 0.6) is 0 Å². The lowest BCUT2D eigenvalue weighted by Gasteiger charge is -2.29. The van der Waals surface area contributed by atoms with Crippen LogP contribution >= 0.6 is 0 Å². The maximum atomic E-state index is 9.09. The monoisotopic (exact) mass is 239 g/mol. The van der Waals surface area contributed by atoms with Crippen molar-refractivity contribution in [2.75, 3.05) is 24.6 Å². The molecule has 5 heteroatoms. The Kier molecular flexibility index (Phi) is 3.99. The summed E-state index contributed by atoms with van der Waals surface area (Å²) in [6.07, 6.45) is 3.01. The van der Waals surface area contributed by atoms with Crippen molar-refractivity contribution >= 4 is 6.01 Å². The van der Waals surface area contributed by atoms with Gasteiger partial charge in [-0.2, -0.15) is 4.98 Å². The van der Waals surface area contributed by atoms with Crippen LogP contribution in [-0.2, 0) is 0 Å². The number of rotatable bonds is 4. The largest absolute Gasteiger partial charge is 0.396 e. The highest BCUT2D eigenvalue weighted by Crippen LogP contribution is 2.23. The summed E-state index contributed by atoms with van der Waals surface area (Å²) in [6.45, 7) is 6.30. The molecule has 1 aliphatic heterocycles. The third-order valence-corrected chi connectivity index (χ3v) is 3.63. The molecule has 2 rings (SSSR count). The Morgan fingerprint density at radius 2 is 2.18 bits per heavy atom. The van der Waals surface area contributed by atoms with E-state index in [-0.39, 0.29) is 6.61 Å². The van der Waals surface area contributed by atoms with Crippen molar-refractivity contribution in [1.82, 2.24) is 10.1 Å². The van der Waals surface area contributed by atoms with Gasteiger partial charge in [0.05, 0.1) is 0 Å². The van der Waals surface area contributed by atoms with E-state index in [2.05, 4.69) is 28.9 Å². The molecule has 1 aliphatic rings. The number of anilines is 1. The summed E-state index contributed by atoms with van der Waals surface area (Å²) >= 11 is 0. The lowest BCUT2D eigenvalue weighted by atomic mass is 9.98. The van der Waals surface area contributed by atoms with Crippen LogP contribution < -0.4 is 4.90 Å². The van der Waals surface area contributed by atoms with Gasteiger partial charge >= 0.3 is 6.01 Å². The summed E-state index contributed by atoms with van der Waals surface area (Å²) in [6, 6.07) is 0.636. The Hall–Kier alpha value is -1.10. The minimum absolute atomic E-state index is 0.287. The lowest BCUT2D eigenvalue weighted by molar-refractivity contribution is 0.200. The van der Waals surface area contributed by atoms with Gasteiger partial charge in [0.2, 0.25) is 0 Å². The fourth-order valence-electron chi connectivity index (χ4n) is 2.04. The van der Waals surface area contributed by atoms with Gasteiger partial charge in [0.25, 0.3) is 0 Å². The third-order valence-electron chi connectivity index (χ3n) is 3.63. The summed E-state index contributed by atoms with van der Waals surface area (Å²) < 4.78 is 5.30. The van der Waals surface area contributed by atoms with Gasteiger partial charge in [-0.05, 0) is 25.2 Å². The van der Waals surface area contributed by atoms with Gasteiger partial charge in [-0.3, -0.25) is 0 Å². The fraction of sp³-hybridized carbons (Fsp3) is 0.833. The van der Waals surface area contributed by atoms with Crippen molar-refractivity contribution in [1.29, 1.82) is 0 Å². The van der Waals surface area contributed by atoms with Crippen LogP contribution in [0.25, 0.3) is 0 Å². The van der Waals surface area contributed by atoms with Gasteiger partial charge in [-0.25, -0.2) is 0 Å². The van der Waals surface area contributed by atoms with E-state index in [9.17, 15) is 0 Å². The average molecular weight is 239 g/mol. The van der Waals surface area contributed by atoms with E-state index in [1.165, 1.54) is 0 Å². The van der Waals surface area contributed by atoms with Crippen LogP contribution in [0.3, 0.4) is 0 Å². The van der Waals surface area contributed by atoms with Gasteiger partial charge < -0.3 is 14.5 Å². The zero-order valence-electron chi connectivity index (χ0n) is 10.6. The number of nitrogens with zero attached hydrogens (tertiary/aromatic N) is 3. The molecule has 0 bridgehead atoms. The van der Waals surface area contributed by atoms with Gasteiger partial charge in [0, 0.05) is 25.6 Å². The van der Waals surface area contributed by atoms with E-state index in [0.29, 0.717) is 17.9 Å². The molecule has 1 aromatic rings. The summed E-state index contributed by atoms with van der Waals surface area (Å²) in [4.78, 5) is 6.56. The molecule has 0 saturated carbocycles. The summed E-state index contributed by atoms with van der Waals surface area (Å²) in [7, 11) is 0. The van der Waals surface area contributed by atoms with Crippen LogP contribution in [-0.4, -0.2) is 34.9 Å². The molecule has 0 amide bonds. The molecular formula is C12H21N3O2. The number of piperidine rings is 1. The zero-order valence-corrected chi connectivity index (χ0v) is 10.6. The van der Waals surface area contributed by atoms with E-state index < -0.39 is 0 Å². The fourth-order valence-corrected chi connectivity index (χ4v) is 2.04. The summed E-state index contributed by atoms with van der Waals surface area (Å²) in [5.74, 6) is 1.58. The molecule has 0 aliphatic carbocycles. The van der Waals surface area contributed by atoms with Crippen LogP contribution in [0.1, 0.15) is 44.9 Å². The minimum atomic E-state index is 0.287. The standard InChI is InChI=1S/C12H21N3O2/c1-3-9(2)11-13-12(17-14-11)15-6-4-10(8-16)5-7-15/h9-10,16H,3-8H2,1-2H3. The second-order valence-corrected chi connectivity index (χ2v) is 4.86. The molecule has 2 heterocycles. The Morgan fingerprint density at radius 3 is 2.76 bits per heavy atom. The minimum Gasteiger partial charge on any atom is -0.396 e. The van der Waals surface area contributed by atoms with E-state index in [4.69, 9.17) is 9.63 Å². The SMILES string of the molecule is CCC(C)c1noc(N2CCC(CO)CC2)n1. The Balaban J connectivity index is 1.97. The molecule has 96 valence electrons. The van der Waals surface area contributed by atoms with E-state index in [1.54, 1.807) is 0 Å². The van der Waals surface area contributed by atoms with Crippen molar-refractivity contribution in [3.8, 4) is 0 Å². The number of aromatic nitrogens is 2. The normalized spacial score (nSPS) is 19.6. The van der Waals surface area contributed by atoms with Crippen LogP contribution in [0.15, 0.2) is 4.52 Å². The first kappa shape index (κ1) is 12.4. The number of aliphatic hydroxyl groups excluding tert-OH is 1. The van der Waals surface area contributed by atoms with Crippen molar-refractivity contribution < 1.29 is 9.63 Å². The molecule has 17 heavy (non-hydrogen) atoms. The van der Waals surface area contributed by atoms with E-state index in [0.717, 1.165) is 38.2 Å². The Labute approximate surface area is 102 Å².